The third-order valence-corrected chi connectivity index (χ3v) is 5.92. The Hall–Kier alpha value is -2.99. The Morgan fingerprint density at radius 3 is 2.64 bits per heavy atom. The number of rotatable bonds is 3. The van der Waals surface area contributed by atoms with Gasteiger partial charge in [0.25, 0.3) is 0 Å². The van der Waals surface area contributed by atoms with E-state index in [1.807, 2.05) is 48.5 Å². The van der Waals surface area contributed by atoms with Crippen LogP contribution in [0.25, 0.3) is 0 Å². The van der Waals surface area contributed by atoms with Crippen molar-refractivity contribution < 1.29 is 14.3 Å². The highest BCUT2D eigenvalue weighted by Gasteiger charge is 2.26. The zero-order valence-electron chi connectivity index (χ0n) is 15.5. The van der Waals surface area contributed by atoms with Gasteiger partial charge in [-0.1, -0.05) is 24.3 Å². The summed E-state index contributed by atoms with van der Waals surface area (Å²) in [5.74, 6) is 1.04. The minimum Gasteiger partial charge on any atom is -0.507 e. The standard InChI is InChI=1S/C22H19NO4S/c1-13-11-18(24)21(22(25)27-13)17-12-20(14-7-9-15(26-2)10-8-14)28-19-6-4-3-5-16(19)23-17/h3-11,20,24H,12H2,1-2H3/t20-/m0/s1. The zero-order valence-corrected chi connectivity index (χ0v) is 16.3. The van der Waals surface area contributed by atoms with Crippen LogP contribution >= 0.6 is 11.8 Å². The third kappa shape index (κ3) is 3.55. The molecule has 1 aliphatic rings. The first-order chi connectivity index (χ1) is 13.5. The zero-order chi connectivity index (χ0) is 19.7. The molecule has 0 saturated carbocycles. The summed E-state index contributed by atoms with van der Waals surface area (Å²) in [5.41, 5.74) is 1.93. The summed E-state index contributed by atoms with van der Waals surface area (Å²) >= 11 is 1.69. The number of methoxy groups -OCH3 is 1. The van der Waals surface area contributed by atoms with Gasteiger partial charge < -0.3 is 14.3 Å². The molecule has 0 bridgehead atoms. The molecule has 5 nitrogen and oxygen atoms in total. The van der Waals surface area contributed by atoms with Gasteiger partial charge in [-0.2, -0.15) is 0 Å². The van der Waals surface area contributed by atoms with Gasteiger partial charge in [0.05, 0.1) is 18.5 Å². The van der Waals surface area contributed by atoms with Crippen LogP contribution in [0.2, 0.25) is 0 Å². The van der Waals surface area contributed by atoms with Gasteiger partial charge in [-0.3, -0.25) is 4.99 Å². The molecule has 1 N–H and O–H groups in total. The molecular formula is C22H19NO4S. The molecule has 1 atom stereocenters. The fourth-order valence-corrected chi connectivity index (χ4v) is 4.47. The number of benzene rings is 2. The summed E-state index contributed by atoms with van der Waals surface area (Å²) in [4.78, 5) is 18.2. The molecule has 142 valence electrons. The van der Waals surface area contributed by atoms with Crippen LogP contribution in [0.4, 0.5) is 5.69 Å². The van der Waals surface area contributed by atoms with E-state index in [-0.39, 0.29) is 16.6 Å². The fourth-order valence-electron chi connectivity index (χ4n) is 3.23. The van der Waals surface area contributed by atoms with Crippen LogP contribution in [0.3, 0.4) is 0 Å². The lowest BCUT2D eigenvalue weighted by Crippen LogP contribution is -2.16. The van der Waals surface area contributed by atoms with E-state index >= 15 is 0 Å². The van der Waals surface area contributed by atoms with Crippen LogP contribution in [0.15, 0.2) is 73.7 Å². The normalized spacial score (nSPS) is 16.1. The molecule has 0 unspecified atom stereocenters. The molecule has 0 spiro atoms. The topological polar surface area (TPSA) is 72.0 Å². The van der Waals surface area contributed by atoms with E-state index < -0.39 is 5.63 Å². The largest absolute Gasteiger partial charge is 0.507 e. The lowest BCUT2D eigenvalue weighted by Gasteiger charge is -2.16. The van der Waals surface area contributed by atoms with Crippen LogP contribution in [-0.2, 0) is 0 Å². The molecule has 28 heavy (non-hydrogen) atoms. The Morgan fingerprint density at radius 2 is 1.93 bits per heavy atom. The van der Waals surface area contributed by atoms with Crippen molar-refractivity contribution in [2.24, 2.45) is 4.99 Å². The van der Waals surface area contributed by atoms with Gasteiger partial charge in [0.2, 0.25) is 0 Å². The van der Waals surface area contributed by atoms with Gasteiger partial charge in [0.15, 0.2) is 0 Å². The smallest absolute Gasteiger partial charge is 0.348 e. The summed E-state index contributed by atoms with van der Waals surface area (Å²) in [6.07, 6.45) is 0.479. The van der Waals surface area contributed by atoms with Crippen molar-refractivity contribution in [1.29, 1.82) is 0 Å². The number of aryl methyl sites for hydroxylation is 1. The van der Waals surface area contributed by atoms with Gasteiger partial charge in [0, 0.05) is 22.6 Å². The number of hydrogen-bond donors (Lipinski definition) is 1. The van der Waals surface area contributed by atoms with Crippen molar-refractivity contribution >= 4 is 23.2 Å². The number of thioether (sulfide) groups is 1. The van der Waals surface area contributed by atoms with Gasteiger partial charge in [0.1, 0.15) is 22.8 Å². The maximum absolute atomic E-state index is 12.5. The van der Waals surface area contributed by atoms with Crippen LogP contribution in [0.1, 0.15) is 28.6 Å². The first kappa shape index (κ1) is 18.4. The number of ether oxygens (including phenoxy) is 1. The van der Waals surface area contributed by atoms with E-state index in [2.05, 4.69) is 0 Å². The van der Waals surface area contributed by atoms with Crippen molar-refractivity contribution in [2.45, 2.75) is 23.5 Å². The summed E-state index contributed by atoms with van der Waals surface area (Å²) in [6.45, 7) is 1.63. The van der Waals surface area contributed by atoms with Gasteiger partial charge >= 0.3 is 5.63 Å². The Labute approximate surface area is 166 Å². The summed E-state index contributed by atoms with van der Waals surface area (Å²) < 4.78 is 10.5. The molecule has 4 rings (SSSR count). The minimum absolute atomic E-state index is 0.0217. The molecule has 2 aromatic carbocycles. The first-order valence-corrected chi connectivity index (χ1v) is 9.74. The average Bonchev–Trinajstić information content (AvgIpc) is 2.87. The highest BCUT2D eigenvalue weighted by Crippen LogP contribution is 2.46. The van der Waals surface area contributed by atoms with Crippen molar-refractivity contribution in [2.75, 3.05) is 7.11 Å². The Balaban J connectivity index is 1.83. The number of aliphatic imine (C=N–C) groups is 1. The van der Waals surface area contributed by atoms with Crippen molar-refractivity contribution in [3.8, 4) is 11.5 Å². The number of hydrogen-bond acceptors (Lipinski definition) is 6. The van der Waals surface area contributed by atoms with E-state index in [1.165, 1.54) is 6.07 Å². The summed E-state index contributed by atoms with van der Waals surface area (Å²) in [6, 6.07) is 17.1. The lowest BCUT2D eigenvalue weighted by atomic mass is 10.0. The van der Waals surface area contributed by atoms with Crippen LogP contribution in [-0.4, -0.2) is 17.9 Å². The predicted octanol–water partition coefficient (Wildman–Crippen LogP) is 5.02. The molecule has 6 heteroatoms. The minimum atomic E-state index is -0.575. The van der Waals surface area contributed by atoms with E-state index in [1.54, 1.807) is 25.8 Å². The summed E-state index contributed by atoms with van der Waals surface area (Å²) in [5, 5.41) is 10.4. The summed E-state index contributed by atoms with van der Waals surface area (Å²) in [7, 11) is 1.63. The molecule has 0 aliphatic carbocycles. The van der Waals surface area contributed by atoms with Crippen molar-refractivity contribution in [3.63, 3.8) is 0 Å². The molecule has 3 aromatic rings. The van der Waals surface area contributed by atoms with Crippen LogP contribution in [0, 0.1) is 6.92 Å². The van der Waals surface area contributed by atoms with Crippen molar-refractivity contribution in [3.05, 3.63) is 81.9 Å². The Bertz CT molecular complexity index is 1100. The predicted molar refractivity (Wildman–Crippen MR) is 110 cm³/mol. The fraction of sp³-hybridized carbons (Fsp3) is 0.182. The lowest BCUT2D eigenvalue weighted by molar-refractivity contribution is 0.414. The number of aromatic hydroxyl groups is 1. The van der Waals surface area contributed by atoms with Gasteiger partial charge in [-0.25, -0.2) is 4.79 Å². The van der Waals surface area contributed by atoms with E-state index in [4.69, 9.17) is 14.1 Å². The maximum atomic E-state index is 12.5. The second-order valence-electron chi connectivity index (χ2n) is 6.51. The van der Waals surface area contributed by atoms with Crippen LogP contribution < -0.4 is 10.4 Å². The number of fused-ring (bicyclic) bond motifs is 1. The molecule has 0 amide bonds. The third-order valence-electron chi connectivity index (χ3n) is 4.60. The van der Waals surface area contributed by atoms with Gasteiger partial charge in [-0.15, -0.1) is 11.8 Å². The van der Waals surface area contributed by atoms with Crippen molar-refractivity contribution in [1.82, 2.24) is 0 Å². The van der Waals surface area contributed by atoms with Gasteiger partial charge in [-0.05, 0) is 36.8 Å². The molecule has 1 aromatic heterocycles. The molecular weight excluding hydrogens is 374 g/mol. The SMILES string of the molecule is COc1ccc([C@@H]2CC(c3c(O)cc(C)oc3=O)=Nc3ccccc3S2)cc1. The van der Waals surface area contributed by atoms with E-state index in [0.717, 1.165) is 21.9 Å². The second kappa shape index (κ2) is 7.56. The Kier molecular flexibility index (Phi) is 4.96. The number of nitrogens with zero attached hydrogens (tertiary/aromatic N) is 1. The quantitative estimate of drug-likeness (QED) is 0.676. The first-order valence-electron chi connectivity index (χ1n) is 8.86. The van der Waals surface area contributed by atoms with Crippen LogP contribution in [0.5, 0.6) is 11.5 Å². The highest BCUT2D eigenvalue weighted by atomic mass is 32.2. The molecule has 0 radical (unpaired) electrons. The average molecular weight is 393 g/mol. The molecule has 0 fully saturated rings. The number of para-hydroxylation sites is 1. The molecule has 1 aliphatic heterocycles. The highest BCUT2D eigenvalue weighted by molar-refractivity contribution is 7.99. The Morgan fingerprint density at radius 1 is 1.18 bits per heavy atom. The maximum Gasteiger partial charge on any atom is 0.348 e. The van der Waals surface area contributed by atoms with E-state index in [0.29, 0.717) is 17.9 Å². The molecule has 0 saturated heterocycles. The molecule has 2 heterocycles. The second-order valence-corrected chi connectivity index (χ2v) is 7.76. The monoisotopic (exact) mass is 393 g/mol. The van der Waals surface area contributed by atoms with E-state index in [9.17, 15) is 9.90 Å².